The zero-order chi connectivity index (χ0) is 13.2. The molecule has 0 radical (unpaired) electrons. The molecule has 0 saturated carbocycles. The van der Waals surface area contributed by atoms with E-state index in [2.05, 4.69) is 6.07 Å². The molecule has 0 N–H and O–H groups in total. The largest absolute Gasteiger partial charge is 0.456 e. The van der Waals surface area contributed by atoms with Crippen LogP contribution in [0.1, 0.15) is 5.56 Å². The van der Waals surface area contributed by atoms with Crippen molar-refractivity contribution in [3.05, 3.63) is 47.0 Å². The van der Waals surface area contributed by atoms with Crippen LogP contribution in [-0.4, -0.2) is 6.79 Å². The third-order valence-electron chi connectivity index (χ3n) is 2.64. The molecule has 3 rings (SSSR count). The molecule has 4 nitrogen and oxygen atoms in total. The molecule has 0 bridgehead atoms. The van der Waals surface area contributed by atoms with Crippen molar-refractivity contribution in [1.29, 1.82) is 5.26 Å². The molecule has 19 heavy (non-hydrogen) atoms. The summed E-state index contributed by atoms with van der Waals surface area (Å²) in [6.07, 6.45) is 0. The number of rotatable bonds is 2. The quantitative estimate of drug-likeness (QED) is 0.836. The highest BCUT2D eigenvalue weighted by Gasteiger charge is 2.14. The Labute approximate surface area is 114 Å². The molecule has 0 aliphatic carbocycles. The highest BCUT2D eigenvalue weighted by Crippen LogP contribution is 2.37. The second-order valence-electron chi connectivity index (χ2n) is 3.87. The van der Waals surface area contributed by atoms with Gasteiger partial charge < -0.3 is 14.2 Å². The van der Waals surface area contributed by atoms with Gasteiger partial charge in [-0.05, 0) is 24.3 Å². The maximum atomic E-state index is 9.02. The Morgan fingerprint density at radius 3 is 2.79 bits per heavy atom. The van der Waals surface area contributed by atoms with Crippen LogP contribution in [0.4, 0.5) is 0 Å². The lowest BCUT2D eigenvalue weighted by molar-refractivity contribution is 0.174. The van der Waals surface area contributed by atoms with Crippen LogP contribution in [0.15, 0.2) is 36.4 Å². The number of fused-ring (bicyclic) bond motifs is 1. The summed E-state index contributed by atoms with van der Waals surface area (Å²) in [5.41, 5.74) is 0.419. The fourth-order valence-electron chi connectivity index (χ4n) is 1.74. The van der Waals surface area contributed by atoms with Gasteiger partial charge in [-0.3, -0.25) is 0 Å². The van der Waals surface area contributed by atoms with E-state index >= 15 is 0 Å². The minimum Gasteiger partial charge on any atom is -0.456 e. The average molecular weight is 274 g/mol. The van der Waals surface area contributed by atoms with E-state index in [0.717, 1.165) is 0 Å². The Morgan fingerprint density at radius 2 is 1.95 bits per heavy atom. The second-order valence-corrected chi connectivity index (χ2v) is 4.31. The first-order valence-corrected chi connectivity index (χ1v) is 5.91. The van der Waals surface area contributed by atoms with Crippen molar-refractivity contribution in [2.24, 2.45) is 0 Å². The van der Waals surface area contributed by atoms with Crippen molar-refractivity contribution >= 4 is 11.6 Å². The van der Waals surface area contributed by atoms with Crippen LogP contribution >= 0.6 is 11.6 Å². The molecule has 1 aliphatic heterocycles. The number of halogens is 1. The van der Waals surface area contributed by atoms with Gasteiger partial charge in [-0.15, -0.1) is 0 Å². The Kier molecular flexibility index (Phi) is 2.90. The zero-order valence-corrected chi connectivity index (χ0v) is 10.5. The fourth-order valence-corrected chi connectivity index (χ4v) is 1.90. The van der Waals surface area contributed by atoms with Crippen LogP contribution in [0.5, 0.6) is 23.0 Å². The molecular weight excluding hydrogens is 266 g/mol. The molecule has 0 spiro atoms. The molecule has 0 amide bonds. The van der Waals surface area contributed by atoms with E-state index < -0.39 is 0 Å². The van der Waals surface area contributed by atoms with E-state index in [1.54, 1.807) is 36.4 Å². The molecule has 5 heteroatoms. The van der Waals surface area contributed by atoms with E-state index in [0.29, 0.717) is 33.6 Å². The van der Waals surface area contributed by atoms with Gasteiger partial charge in [0, 0.05) is 17.2 Å². The topological polar surface area (TPSA) is 51.5 Å². The Morgan fingerprint density at radius 1 is 1.11 bits per heavy atom. The number of hydrogen-bond donors (Lipinski definition) is 0. The molecule has 1 heterocycles. The van der Waals surface area contributed by atoms with Crippen molar-refractivity contribution in [2.45, 2.75) is 0 Å². The Hall–Kier alpha value is -2.38. The van der Waals surface area contributed by atoms with Gasteiger partial charge in [0.1, 0.15) is 17.6 Å². The monoisotopic (exact) mass is 273 g/mol. The van der Waals surface area contributed by atoms with E-state index in [9.17, 15) is 0 Å². The van der Waals surface area contributed by atoms with Crippen LogP contribution in [0.3, 0.4) is 0 Å². The van der Waals surface area contributed by atoms with Crippen LogP contribution in [0, 0.1) is 11.3 Å². The lowest BCUT2D eigenvalue weighted by Crippen LogP contribution is -1.92. The van der Waals surface area contributed by atoms with E-state index in [-0.39, 0.29) is 6.79 Å². The van der Waals surface area contributed by atoms with Gasteiger partial charge in [0.05, 0.1) is 5.56 Å². The average Bonchev–Trinajstić information content (AvgIpc) is 2.86. The third-order valence-corrected chi connectivity index (χ3v) is 2.87. The Bertz CT molecular complexity index is 679. The van der Waals surface area contributed by atoms with Crippen molar-refractivity contribution in [1.82, 2.24) is 0 Å². The van der Waals surface area contributed by atoms with Crippen LogP contribution in [-0.2, 0) is 0 Å². The van der Waals surface area contributed by atoms with Gasteiger partial charge in [-0.1, -0.05) is 11.6 Å². The molecule has 94 valence electrons. The lowest BCUT2D eigenvalue weighted by Gasteiger charge is -2.08. The minimum atomic E-state index is 0.208. The van der Waals surface area contributed by atoms with Gasteiger partial charge in [-0.2, -0.15) is 5.26 Å². The number of nitrogens with zero attached hydrogens (tertiary/aromatic N) is 1. The number of nitriles is 1. The first-order valence-electron chi connectivity index (χ1n) is 5.53. The Balaban J connectivity index is 1.93. The van der Waals surface area contributed by atoms with Crippen molar-refractivity contribution < 1.29 is 14.2 Å². The summed E-state index contributed by atoms with van der Waals surface area (Å²) in [5.74, 6) is 2.27. The highest BCUT2D eigenvalue weighted by atomic mass is 35.5. The molecule has 2 aromatic carbocycles. The minimum absolute atomic E-state index is 0.208. The molecule has 0 atom stereocenters. The SMILES string of the molecule is N#Cc1ccc(Cl)cc1Oc1ccc2c(c1)OCO2. The fraction of sp³-hybridized carbons (Fsp3) is 0.0714. The van der Waals surface area contributed by atoms with Crippen molar-refractivity contribution in [2.75, 3.05) is 6.79 Å². The standard InChI is InChI=1S/C14H8ClNO3/c15-10-2-1-9(7-16)13(5-10)19-11-3-4-12-14(6-11)18-8-17-12/h1-6H,8H2. The number of hydrogen-bond acceptors (Lipinski definition) is 4. The summed E-state index contributed by atoms with van der Waals surface area (Å²) in [6, 6.07) is 12.1. The van der Waals surface area contributed by atoms with Gasteiger partial charge in [0.2, 0.25) is 6.79 Å². The molecule has 1 aliphatic rings. The maximum absolute atomic E-state index is 9.02. The van der Waals surface area contributed by atoms with Gasteiger partial charge in [0.25, 0.3) is 0 Å². The van der Waals surface area contributed by atoms with Crippen molar-refractivity contribution in [3.8, 4) is 29.1 Å². The summed E-state index contributed by atoms with van der Waals surface area (Å²) in [6.45, 7) is 0.208. The van der Waals surface area contributed by atoms with E-state index in [1.165, 1.54) is 0 Å². The smallest absolute Gasteiger partial charge is 0.231 e. The molecule has 2 aromatic rings. The molecule has 0 unspecified atom stereocenters. The van der Waals surface area contributed by atoms with Crippen LogP contribution in [0.25, 0.3) is 0 Å². The highest BCUT2D eigenvalue weighted by molar-refractivity contribution is 6.30. The number of benzene rings is 2. The van der Waals surface area contributed by atoms with Gasteiger partial charge in [-0.25, -0.2) is 0 Å². The predicted molar refractivity (Wildman–Crippen MR) is 68.8 cm³/mol. The summed E-state index contributed by atoms with van der Waals surface area (Å²) >= 11 is 5.90. The maximum Gasteiger partial charge on any atom is 0.231 e. The summed E-state index contributed by atoms with van der Waals surface area (Å²) in [5, 5.41) is 9.53. The van der Waals surface area contributed by atoms with Crippen LogP contribution in [0.2, 0.25) is 5.02 Å². The molecular formula is C14H8ClNO3. The first-order chi connectivity index (χ1) is 9.26. The number of ether oxygens (including phenoxy) is 3. The molecule has 0 aromatic heterocycles. The summed E-state index contributed by atoms with van der Waals surface area (Å²) in [7, 11) is 0. The van der Waals surface area contributed by atoms with Crippen LogP contribution < -0.4 is 14.2 Å². The summed E-state index contributed by atoms with van der Waals surface area (Å²) in [4.78, 5) is 0. The van der Waals surface area contributed by atoms with Crippen molar-refractivity contribution in [3.63, 3.8) is 0 Å². The molecule has 0 saturated heterocycles. The van der Waals surface area contributed by atoms with Gasteiger partial charge >= 0.3 is 0 Å². The normalized spacial score (nSPS) is 12.0. The van der Waals surface area contributed by atoms with E-state index in [1.807, 2.05) is 0 Å². The second kappa shape index (κ2) is 4.71. The zero-order valence-electron chi connectivity index (χ0n) is 9.72. The first kappa shape index (κ1) is 11.7. The summed E-state index contributed by atoms with van der Waals surface area (Å²) < 4.78 is 16.1. The van der Waals surface area contributed by atoms with Gasteiger partial charge in [0.15, 0.2) is 11.5 Å². The van der Waals surface area contributed by atoms with E-state index in [4.69, 9.17) is 31.1 Å². The predicted octanol–water partition coefficient (Wildman–Crippen LogP) is 3.73. The molecule has 0 fully saturated rings. The lowest BCUT2D eigenvalue weighted by atomic mass is 10.2. The third kappa shape index (κ3) is 2.28.